The minimum absolute atomic E-state index is 0.210. The van der Waals surface area contributed by atoms with Crippen molar-refractivity contribution in [2.24, 2.45) is 0 Å². The number of piperidine rings is 1. The monoisotopic (exact) mass is 245 g/mol. The highest BCUT2D eigenvalue weighted by atomic mass is 16.6. The van der Waals surface area contributed by atoms with E-state index in [4.69, 9.17) is 14.2 Å². The van der Waals surface area contributed by atoms with Gasteiger partial charge in [0.05, 0.1) is 25.7 Å². The number of carbonyl (C=O) groups excluding carboxylic acids is 1. The van der Waals surface area contributed by atoms with Gasteiger partial charge in [-0.2, -0.15) is 0 Å². The Hall–Kier alpha value is -0.650. The van der Waals surface area contributed by atoms with Gasteiger partial charge in [-0.15, -0.1) is 0 Å². The van der Waals surface area contributed by atoms with Crippen molar-refractivity contribution in [3.05, 3.63) is 0 Å². The molecule has 0 bridgehead atoms. The first-order valence-electron chi connectivity index (χ1n) is 6.38. The van der Waals surface area contributed by atoms with Gasteiger partial charge in [0.1, 0.15) is 6.61 Å². The van der Waals surface area contributed by atoms with E-state index in [1.54, 1.807) is 0 Å². The summed E-state index contributed by atoms with van der Waals surface area (Å²) in [6.07, 6.45) is 2.68. The molecule has 100 valence electrons. The molecular weight excluding hydrogens is 222 g/mol. The number of hydrogen-bond donors (Lipinski definition) is 1. The number of nitrogens with one attached hydrogen (secondary N) is 1. The highest BCUT2D eigenvalue weighted by Crippen LogP contribution is 2.07. The van der Waals surface area contributed by atoms with E-state index in [1.165, 1.54) is 0 Å². The lowest BCUT2D eigenvalue weighted by Gasteiger charge is -2.22. The van der Waals surface area contributed by atoms with Crippen LogP contribution in [0, 0.1) is 0 Å². The molecule has 1 fully saturated rings. The van der Waals surface area contributed by atoms with Crippen LogP contribution >= 0.6 is 0 Å². The van der Waals surface area contributed by atoms with E-state index >= 15 is 0 Å². The second-order valence-corrected chi connectivity index (χ2v) is 3.99. The van der Waals surface area contributed by atoms with Crippen molar-refractivity contribution in [2.45, 2.75) is 32.3 Å². The second kappa shape index (κ2) is 9.39. The van der Waals surface area contributed by atoms with E-state index in [-0.39, 0.29) is 5.97 Å². The molecule has 0 aliphatic carbocycles. The largest absolute Gasteiger partial charge is 0.463 e. The van der Waals surface area contributed by atoms with Gasteiger partial charge in [0, 0.05) is 6.61 Å². The summed E-state index contributed by atoms with van der Waals surface area (Å²) in [5.41, 5.74) is 0. The summed E-state index contributed by atoms with van der Waals surface area (Å²) >= 11 is 0. The summed E-state index contributed by atoms with van der Waals surface area (Å²) in [6.45, 7) is 5.83. The van der Waals surface area contributed by atoms with Crippen LogP contribution in [-0.2, 0) is 19.0 Å². The molecule has 0 spiro atoms. The fourth-order valence-corrected chi connectivity index (χ4v) is 1.70. The zero-order valence-corrected chi connectivity index (χ0v) is 10.6. The van der Waals surface area contributed by atoms with Crippen molar-refractivity contribution in [3.8, 4) is 0 Å². The van der Waals surface area contributed by atoms with E-state index in [1.807, 2.05) is 6.92 Å². The predicted octanol–water partition coefficient (Wildman–Crippen LogP) is 0.725. The van der Waals surface area contributed by atoms with Crippen molar-refractivity contribution >= 4 is 5.97 Å². The first-order valence-corrected chi connectivity index (χ1v) is 6.38. The van der Waals surface area contributed by atoms with Crippen LogP contribution in [0.15, 0.2) is 0 Å². The number of rotatable bonds is 8. The van der Waals surface area contributed by atoms with E-state index in [2.05, 4.69) is 5.32 Å². The number of ether oxygens (including phenoxy) is 3. The van der Waals surface area contributed by atoms with Crippen LogP contribution < -0.4 is 5.32 Å². The summed E-state index contributed by atoms with van der Waals surface area (Å²) in [5, 5.41) is 3.27. The molecule has 0 radical (unpaired) electrons. The maximum Gasteiger partial charge on any atom is 0.308 e. The average molecular weight is 245 g/mol. The average Bonchev–Trinajstić information content (AvgIpc) is 2.36. The van der Waals surface area contributed by atoms with Crippen molar-refractivity contribution in [1.29, 1.82) is 0 Å². The highest BCUT2D eigenvalue weighted by molar-refractivity contribution is 5.69. The molecular formula is C12H23NO4. The fraction of sp³-hybridized carbons (Fsp3) is 0.917. The van der Waals surface area contributed by atoms with Gasteiger partial charge in [-0.25, -0.2) is 0 Å². The van der Waals surface area contributed by atoms with Crippen molar-refractivity contribution in [3.63, 3.8) is 0 Å². The third-order valence-corrected chi connectivity index (χ3v) is 2.64. The molecule has 1 aliphatic rings. The lowest BCUT2D eigenvalue weighted by atomic mass is 10.1. The van der Waals surface area contributed by atoms with Crippen LogP contribution in [0.25, 0.3) is 0 Å². The Morgan fingerprint density at radius 2 is 2.00 bits per heavy atom. The maximum absolute atomic E-state index is 11.3. The minimum atomic E-state index is -0.210. The first kappa shape index (κ1) is 14.4. The molecule has 0 saturated carbocycles. The van der Waals surface area contributed by atoms with Crippen LogP contribution in [0.3, 0.4) is 0 Å². The molecule has 1 N–H and O–H groups in total. The van der Waals surface area contributed by atoms with Gasteiger partial charge in [0.15, 0.2) is 0 Å². The fourth-order valence-electron chi connectivity index (χ4n) is 1.70. The summed E-state index contributed by atoms with van der Waals surface area (Å²) < 4.78 is 15.7. The molecule has 1 saturated heterocycles. The Balaban J connectivity index is 1.92. The molecule has 0 unspecified atom stereocenters. The van der Waals surface area contributed by atoms with E-state index < -0.39 is 0 Å². The second-order valence-electron chi connectivity index (χ2n) is 3.99. The molecule has 0 amide bonds. The van der Waals surface area contributed by atoms with Crippen molar-refractivity contribution < 1.29 is 19.0 Å². The van der Waals surface area contributed by atoms with Crippen LogP contribution in [-0.4, -0.2) is 51.6 Å². The molecule has 5 heteroatoms. The summed E-state index contributed by atoms with van der Waals surface area (Å²) in [6, 6.07) is 0. The van der Waals surface area contributed by atoms with Gasteiger partial charge in [-0.1, -0.05) is 0 Å². The smallest absolute Gasteiger partial charge is 0.308 e. The Morgan fingerprint density at radius 1 is 1.24 bits per heavy atom. The first-order chi connectivity index (χ1) is 8.33. The molecule has 0 aromatic rings. The SMILES string of the molecule is CCOCCOC(=O)CCOC1CCNCC1. The number of esters is 1. The van der Waals surface area contributed by atoms with Gasteiger partial charge in [-0.3, -0.25) is 4.79 Å². The molecule has 17 heavy (non-hydrogen) atoms. The lowest BCUT2D eigenvalue weighted by molar-refractivity contribution is -0.146. The summed E-state index contributed by atoms with van der Waals surface area (Å²) in [7, 11) is 0. The Bertz CT molecular complexity index is 205. The molecule has 1 heterocycles. The third kappa shape index (κ3) is 7.31. The van der Waals surface area contributed by atoms with Gasteiger partial charge >= 0.3 is 5.97 Å². The van der Waals surface area contributed by atoms with E-state index in [0.717, 1.165) is 25.9 Å². The predicted molar refractivity (Wildman–Crippen MR) is 63.9 cm³/mol. The molecule has 0 atom stereocenters. The van der Waals surface area contributed by atoms with Gasteiger partial charge < -0.3 is 19.5 Å². The van der Waals surface area contributed by atoms with Crippen LogP contribution in [0.1, 0.15) is 26.2 Å². The Morgan fingerprint density at radius 3 is 2.71 bits per heavy atom. The molecule has 1 aliphatic heterocycles. The Labute approximate surface area is 103 Å². The van der Waals surface area contributed by atoms with Gasteiger partial charge in [-0.05, 0) is 32.9 Å². The quantitative estimate of drug-likeness (QED) is 0.504. The van der Waals surface area contributed by atoms with E-state index in [0.29, 0.717) is 39.0 Å². The zero-order chi connectivity index (χ0) is 12.3. The Kier molecular flexibility index (Phi) is 7.96. The van der Waals surface area contributed by atoms with Gasteiger partial charge in [0.2, 0.25) is 0 Å². The maximum atomic E-state index is 11.3. The van der Waals surface area contributed by atoms with E-state index in [9.17, 15) is 4.79 Å². The third-order valence-electron chi connectivity index (χ3n) is 2.64. The van der Waals surface area contributed by atoms with Crippen LogP contribution in [0.4, 0.5) is 0 Å². The van der Waals surface area contributed by atoms with Crippen molar-refractivity contribution in [2.75, 3.05) is 39.5 Å². The minimum Gasteiger partial charge on any atom is -0.463 e. The molecule has 0 aromatic heterocycles. The van der Waals surface area contributed by atoms with Gasteiger partial charge in [0.25, 0.3) is 0 Å². The summed E-state index contributed by atoms with van der Waals surface area (Å²) in [4.78, 5) is 11.3. The lowest BCUT2D eigenvalue weighted by Crippen LogP contribution is -2.32. The number of carbonyl (C=O) groups is 1. The molecule has 0 aromatic carbocycles. The molecule has 5 nitrogen and oxygen atoms in total. The standard InChI is InChI=1S/C12H23NO4/c1-2-15-9-10-17-12(14)5-8-16-11-3-6-13-7-4-11/h11,13H,2-10H2,1H3. The summed E-state index contributed by atoms with van der Waals surface area (Å²) in [5.74, 6) is -0.210. The van der Waals surface area contributed by atoms with Crippen molar-refractivity contribution in [1.82, 2.24) is 5.32 Å². The zero-order valence-electron chi connectivity index (χ0n) is 10.6. The van der Waals surface area contributed by atoms with Crippen LogP contribution in [0.5, 0.6) is 0 Å². The highest BCUT2D eigenvalue weighted by Gasteiger charge is 2.13. The normalized spacial score (nSPS) is 17.0. The number of hydrogen-bond acceptors (Lipinski definition) is 5. The topological polar surface area (TPSA) is 56.8 Å². The van der Waals surface area contributed by atoms with Crippen LogP contribution in [0.2, 0.25) is 0 Å². The molecule has 1 rings (SSSR count).